The molecule has 16 heteroatoms. The van der Waals surface area contributed by atoms with E-state index in [-0.39, 0.29) is 46.1 Å². The van der Waals surface area contributed by atoms with Gasteiger partial charge in [0.1, 0.15) is 68.4 Å². The summed E-state index contributed by atoms with van der Waals surface area (Å²) in [5, 5.41) is 41.7. The number of carbonyl (C=O) groups is 4. The molecule has 4 N–H and O–H groups in total. The largest absolute Gasteiger partial charge is 0.508 e. The molecule has 4 heterocycles. The van der Waals surface area contributed by atoms with Gasteiger partial charge in [0.15, 0.2) is 23.1 Å². The first kappa shape index (κ1) is 62.7. The van der Waals surface area contributed by atoms with Crippen molar-refractivity contribution in [1.82, 2.24) is 0 Å². The molecule has 12 nitrogen and oxygen atoms in total. The maximum Gasteiger partial charge on any atom is 0.197 e. The third-order valence-corrected chi connectivity index (χ3v) is 17.0. The standard InChI is InChI=1S/C19H18O3.C17H12Br2O3.C17H12I2O3.C17H14O3/c1-2-3-7-17-18(15-6-4-5-8-16(15)22-17)19(21)13-9-11-14(20)12-10-13;2*1-2-13-15(10-5-3-4-6-14(10)22-13)16(20)9-7-11(18)17(21)12(19)8-9;1-2-14-16(13-5-3-4-6-15(13)20-14)17(19)11-7-9-12(18)10-8-11/h4-6,8-12,20H,2-3,7H2,1H3;2*3-8,21H,2H2,1H3;3-10,18H,2H2,1H3. The van der Waals surface area contributed by atoms with Gasteiger partial charge in [-0.1, -0.05) is 107 Å². The van der Waals surface area contributed by atoms with Crippen LogP contribution in [-0.4, -0.2) is 43.6 Å². The molecule has 12 rings (SSSR count). The van der Waals surface area contributed by atoms with E-state index in [1.54, 1.807) is 48.5 Å². The number of rotatable bonds is 14. The number of hydrogen-bond donors (Lipinski definition) is 4. The van der Waals surface area contributed by atoms with Crippen molar-refractivity contribution in [3.8, 4) is 23.0 Å². The number of phenolic OH excluding ortho intramolecular Hbond substituents is 4. The highest BCUT2D eigenvalue weighted by Gasteiger charge is 2.26. The number of unbranched alkanes of at least 4 members (excludes halogenated alkanes) is 1. The van der Waals surface area contributed by atoms with Gasteiger partial charge >= 0.3 is 0 Å². The lowest BCUT2D eigenvalue weighted by Gasteiger charge is -2.06. The Hall–Kier alpha value is -7.78. The van der Waals surface area contributed by atoms with Gasteiger partial charge in [-0.2, -0.15) is 0 Å². The molecule has 0 saturated carbocycles. The lowest BCUT2D eigenvalue weighted by Crippen LogP contribution is -2.04. The number of benzene rings is 8. The lowest BCUT2D eigenvalue weighted by molar-refractivity contribution is 0.103. The molecule has 436 valence electrons. The van der Waals surface area contributed by atoms with Gasteiger partial charge in [-0.15, -0.1) is 0 Å². The van der Waals surface area contributed by atoms with E-state index in [4.69, 9.17) is 17.7 Å². The zero-order chi connectivity index (χ0) is 61.3. The minimum absolute atomic E-state index is 0.0592. The highest BCUT2D eigenvalue weighted by molar-refractivity contribution is 14.1. The number of ketones is 4. The number of hydrogen-bond acceptors (Lipinski definition) is 12. The van der Waals surface area contributed by atoms with Crippen LogP contribution in [0.25, 0.3) is 43.9 Å². The lowest BCUT2D eigenvalue weighted by atomic mass is 9.98. The molecule has 86 heavy (non-hydrogen) atoms. The fraction of sp³-hybridized carbons (Fsp3) is 0.143. The van der Waals surface area contributed by atoms with Crippen molar-refractivity contribution in [3.63, 3.8) is 0 Å². The zero-order valence-corrected chi connectivity index (χ0v) is 54.5. The number of phenols is 4. The minimum Gasteiger partial charge on any atom is -0.508 e. The molecule has 0 bridgehead atoms. The van der Waals surface area contributed by atoms with E-state index in [0.717, 1.165) is 63.3 Å². The zero-order valence-electron chi connectivity index (χ0n) is 47.0. The molecular weight excluding hydrogens is 1450 g/mol. The number of furan rings is 4. The SMILES string of the molecule is CCCCc1oc2ccccc2c1C(=O)c1ccc(O)cc1.CCc1oc2ccccc2c1C(=O)c1cc(Br)c(O)c(Br)c1.CCc1oc2ccccc2c1C(=O)c1cc(I)c(O)c(I)c1.CCc1oc2ccccc2c1C(=O)c1ccc(O)cc1. The first-order valence-electron chi connectivity index (χ1n) is 27.6. The number of halogens is 4. The fourth-order valence-corrected chi connectivity index (χ4v) is 12.8. The van der Waals surface area contributed by atoms with Gasteiger partial charge in [-0.25, -0.2) is 0 Å². The number of aryl methyl sites for hydroxylation is 4. The molecule has 0 fully saturated rings. The summed E-state index contributed by atoms with van der Waals surface area (Å²) in [5.41, 5.74) is 7.53. The summed E-state index contributed by atoms with van der Waals surface area (Å²) in [6.07, 6.45) is 4.73. The van der Waals surface area contributed by atoms with Crippen LogP contribution in [0.15, 0.2) is 196 Å². The predicted molar refractivity (Wildman–Crippen MR) is 359 cm³/mol. The number of para-hydroxylation sites is 4. The Kier molecular flexibility index (Phi) is 20.5. The van der Waals surface area contributed by atoms with Crippen LogP contribution in [0.4, 0.5) is 0 Å². The summed E-state index contributed by atoms with van der Waals surface area (Å²) in [6, 6.07) is 49.5. The first-order valence-corrected chi connectivity index (χ1v) is 31.3. The molecule has 0 amide bonds. The third kappa shape index (κ3) is 13.6. The van der Waals surface area contributed by atoms with Crippen LogP contribution in [0, 0.1) is 7.14 Å². The molecule has 0 saturated heterocycles. The van der Waals surface area contributed by atoms with Crippen molar-refractivity contribution in [2.75, 3.05) is 0 Å². The second-order valence-electron chi connectivity index (χ2n) is 19.7. The van der Waals surface area contributed by atoms with Crippen molar-refractivity contribution < 1.29 is 57.3 Å². The summed E-state index contributed by atoms with van der Waals surface area (Å²) in [5.74, 6) is 3.08. The smallest absolute Gasteiger partial charge is 0.197 e. The number of carbonyl (C=O) groups excluding carboxylic acids is 4. The summed E-state index contributed by atoms with van der Waals surface area (Å²) in [6.45, 7) is 8.01. The van der Waals surface area contributed by atoms with Gasteiger partial charge < -0.3 is 38.1 Å². The van der Waals surface area contributed by atoms with E-state index < -0.39 is 0 Å². The van der Waals surface area contributed by atoms with Gasteiger partial charge in [0.05, 0.1) is 38.3 Å². The van der Waals surface area contributed by atoms with Crippen molar-refractivity contribution >= 4 is 144 Å². The second kappa shape index (κ2) is 28.2. The van der Waals surface area contributed by atoms with Crippen LogP contribution >= 0.6 is 77.0 Å². The van der Waals surface area contributed by atoms with Gasteiger partial charge in [0, 0.05) is 69.5 Å². The molecule has 0 atom stereocenters. The molecular formula is C70H56Br2I2O12. The maximum atomic E-state index is 13.0. The average Bonchev–Trinajstić information content (AvgIpc) is 3.29. The van der Waals surface area contributed by atoms with E-state index in [0.29, 0.717) is 103 Å². The molecule has 0 aliphatic heterocycles. The van der Waals surface area contributed by atoms with Crippen LogP contribution in [0.5, 0.6) is 23.0 Å². The van der Waals surface area contributed by atoms with Gasteiger partial charge in [-0.05, 0) is 181 Å². The summed E-state index contributed by atoms with van der Waals surface area (Å²) < 4.78 is 25.5. The van der Waals surface area contributed by atoms with E-state index in [2.05, 4.69) is 38.8 Å². The highest BCUT2D eigenvalue weighted by atomic mass is 127. The summed E-state index contributed by atoms with van der Waals surface area (Å²) in [7, 11) is 0. The molecule has 0 radical (unpaired) electrons. The second-order valence-corrected chi connectivity index (χ2v) is 23.8. The summed E-state index contributed by atoms with van der Waals surface area (Å²) in [4.78, 5) is 51.4. The van der Waals surface area contributed by atoms with E-state index in [9.17, 15) is 39.6 Å². The number of fused-ring (bicyclic) bond motifs is 4. The van der Waals surface area contributed by atoms with Gasteiger partial charge in [-0.3, -0.25) is 19.2 Å². The molecule has 4 aromatic heterocycles. The Morgan fingerprint density at radius 2 is 0.674 bits per heavy atom. The van der Waals surface area contributed by atoms with Crippen LogP contribution in [0.3, 0.4) is 0 Å². The molecule has 0 unspecified atom stereocenters. The molecule has 0 aliphatic carbocycles. The van der Waals surface area contributed by atoms with Gasteiger partial charge in [0.2, 0.25) is 0 Å². The molecule has 12 aromatic rings. The molecule has 0 spiro atoms. The molecule has 0 aliphatic rings. The van der Waals surface area contributed by atoms with E-state index in [1.807, 2.05) is 163 Å². The predicted octanol–water partition coefficient (Wildman–Crippen LogP) is 19.2. The summed E-state index contributed by atoms with van der Waals surface area (Å²) >= 11 is 10.6. The van der Waals surface area contributed by atoms with Crippen molar-refractivity contribution in [2.24, 2.45) is 0 Å². The fourth-order valence-electron chi connectivity index (χ4n) is 9.84. The first-order chi connectivity index (χ1) is 41.5. The Labute approximate surface area is 539 Å². The highest BCUT2D eigenvalue weighted by Crippen LogP contribution is 2.38. The average molecular weight is 1500 g/mol. The topological polar surface area (TPSA) is 202 Å². The molecule has 8 aromatic carbocycles. The normalized spacial score (nSPS) is 11.0. The van der Waals surface area contributed by atoms with Crippen LogP contribution in [0.2, 0.25) is 0 Å². The maximum absolute atomic E-state index is 13.0. The van der Waals surface area contributed by atoms with Crippen molar-refractivity contribution in [3.05, 3.63) is 253 Å². The Balaban J connectivity index is 0.000000137. The monoisotopic (exact) mass is 1500 g/mol. The number of aromatic hydroxyl groups is 4. The van der Waals surface area contributed by atoms with Crippen LogP contribution in [0.1, 0.15) is 127 Å². The van der Waals surface area contributed by atoms with E-state index >= 15 is 0 Å². The van der Waals surface area contributed by atoms with Crippen molar-refractivity contribution in [2.45, 2.75) is 66.2 Å². The Morgan fingerprint density at radius 3 is 1.00 bits per heavy atom. The minimum atomic E-state index is -0.122. The van der Waals surface area contributed by atoms with Gasteiger partial charge in [0.25, 0.3) is 0 Å². The third-order valence-electron chi connectivity index (χ3n) is 14.1. The van der Waals surface area contributed by atoms with Crippen LogP contribution < -0.4 is 0 Å². The quantitative estimate of drug-likeness (QED) is 0.0594. The van der Waals surface area contributed by atoms with Crippen LogP contribution in [-0.2, 0) is 25.7 Å². The van der Waals surface area contributed by atoms with Crippen molar-refractivity contribution in [1.29, 1.82) is 0 Å². The Morgan fingerprint density at radius 1 is 0.384 bits per heavy atom. The van der Waals surface area contributed by atoms with E-state index in [1.165, 1.54) is 24.3 Å². The Bertz CT molecular complexity index is 4280.